The van der Waals surface area contributed by atoms with Crippen molar-refractivity contribution in [2.45, 2.75) is 32.7 Å². The van der Waals surface area contributed by atoms with E-state index in [2.05, 4.69) is 35.0 Å². The second-order valence-corrected chi connectivity index (χ2v) is 5.89. The number of carbonyl (C=O) groups is 1. The average molecular weight is 321 g/mol. The standard InChI is InChI=1S/C20H23N3O/c1-2-15-23-18-12-7-6-11-17(18)22-19(23)13-8-14-21-20(24)16-9-4-3-5-10-16/h3-7,9-12H,2,8,13-15H2,1H3,(H,21,24). The molecule has 0 saturated carbocycles. The van der Waals surface area contributed by atoms with E-state index in [0.29, 0.717) is 12.1 Å². The second-order valence-electron chi connectivity index (χ2n) is 5.89. The van der Waals surface area contributed by atoms with Gasteiger partial charge in [0.1, 0.15) is 5.82 Å². The highest BCUT2D eigenvalue weighted by molar-refractivity contribution is 5.94. The molecule has 1 heterocycles. The van der Waals surface area contributed by atoms with Crippen LogP contribution < -0.4 is 5.32 Å². The Morgan fingerprint density at radius 1 is 1.08 bits per heavy atom. The van der Waals surface area contributed by atoms with Crippen molar-refractivity contribution in [1.29, 1.82) is 0 Å². The minimum atomic E-state index is -0.0161. The molecular formula is C20H23N3O. The van der Waals surface area contributed by atoms with Crippen molar-refractivity contribution in [3.05, 3.63) is 66.0 Å². The van der Waals surface area contributed by atoms with Gasteiger partial charge in [-0.05, 0) is 37.1 Å². The molecule has 0 aliphatic carbocycles. The summed E-state index contributed by atoms with van der Waals surface area (Å²) >= 11 is 0. The number of nitrogens with one attached hydrogen (secondary N) is 1. The van der Waals surface area contributed by atoms with Crippen molar-refractivity contribution in [2.24, 2.45) is 0 Å². The molecule has 2 aromatic carbocycles. The van der Waals surface area contributed by atoms with Crippen LogP contribution in [0.1, 0.15) is 35.9 Å². The maximum Gasteiger partial charge on any atom is 0.251 e. The van der Waals surface area contributed by atoms with Crippen LogP contribution in [-0.4, -0.2) is 22.0 Å². The normalized spacial score (nSPS) is 10.9. The van der Waals surface area contributed by atoms with Gasteiger partial charge >= 0.3 is 0 Å². The number of amides is 1. The predicted octanol–water partition coefficient (Wildman–Crippen LogP) is 3.81. The third kappa shape index (κ3) is 3.65. The van der Waals surface area contributed by atoms with Crippen LogP contribution in [0.25, 0.3) is 11.0 Å². The van der Waals surface area contributed by atoms with E-state index in [1.165, 1.54) is 5.52 Å². The Morgan fingerprint density at radius 3 is 2.62 bits per heavy atom. The molecule has 0 saturated heterocycles. The molecule has 0 bridgehead atoms. The fourth-order valence-electron chi connectivity index (χ4n) is 2.93. The molecule has 124 valence electrons. The van der Waals surface area contributed by atoms with Crippen molar-refractivity contribution in [3.63, 3.8) is 0 Å². The average Bonchev–Trinajstić information content (AvgIpc) is 2.97. The third-order valence-electron chi connectivity index (χ3n) is 4.08. The first-order valence-corrected chi connectivity index (χ1v) is 8.57. The molecule has 24 heavy (non-hydrogen) atoms. The molecular weight excluding hydrogens is 298 g/mol. The van der Waals surface area contributed by atoms with Gasteiger partial charge in [-0.25, -0.2) is 4.98 Å². The van der Waals surface area contributed by atoms with Gasteiger partial charge in [-0.15, -0.1) is 0 Å². The number of rotatable bonds is 7. The largest absolute Gasteiger partial charge is 0.352 e. The molecule has 0 aliphatic heterocycles. The molecule has 0 aliphatic rings. The summed E-state index contributed by atoms with van der Waals surface area (Å²) < 4.78 is 2.30. The molecule has 0 spiro atoms. The summed E-state index contributed by atoms with van der Waals surface area (Å²) in [5, 5.41) is 2.98. The quantitative estimate of drug-likeness (QED) is 0.673. The molecule has 0 radical (unpaired) electrons. The molecule has 1 aromatic heterocycles. The molecule has 4 heteroatoms. The van der Waals surface area contributed by atoms with Crippen molar-refractivity contribution in [2.75, 3.05) is 6.54 Å². The first kappa shape index (κ1) is 16.2. The number of fused-ring (bicyclic) bond motifs is 1. The van der Waals surface area contributed by atoms with Gasteiger partial charge in [-0.1, -0.05) is 37.3 Å². The van der Waals surface area contributed by atoms with Gasteiger partial charge in [0, 0.05) is 25.1 Å². The minimum Gasteiger partial charge on any atom is -0.352 e. The molecule has 0 unspecified atom stereocenters. The van der Waals surface area contributed by atoms with E-state index in [1.807, 2.05) is 36.4 Å². The lowest BCUT2D eigenvalue weighted by molar-refractivity contribution is 0.0953. The summed E-state index contributed by atoms with van der Waals surface area (Å²) in [4.78, 5) is 16.8. The van der Waals surface area contributed by atoms with Crippen molar-refractivity contribution in [3.8, 4) is 0 Å². The summed E-state index contributed by atoms with van der Waals surface area (Å²) in [5.74, 6) is 1.09. The van der Waals surface area contributed by atoms with E-state index in [9.17, 15) is 4.79 Å². The van der Waals surface area contributed by atoms with Crippen LogP contribution in [0.4, 0.5) is 0 Å². The lowest BCUT2D eigenvalue weighted by Crippen LogP contribution is -2.24. The number of benzene rings is 2. The van der Waals surface area contributed by atoms with Gasteiger partial charge in [0.05, 0.1) is 11.0 Å². The van der Waals surface area contributed by atoms with E-state index in [-0.39, 0.29) is 5.91 Å². The van der Waals surface area contributed by atoms with Crippen LogP contribution in [-0.2, 0) is 13.0 Å². The second kappa shape index (κ2) is 7.77. The van der Waals surface area contributed by atoms with E-state index < -0.39 is 0 Å². The van der Waals surface area contributed by atoms with Crippen LogP contribution in [0, 0.1) is 0 Å². The topological polar surface area (TPSA) is 46.9 Å². The van der Waals surface area contributed by atoms with Gasteiger partial charge in [-0.2, -0.15) is 0 Å². The third-order valence-corrected chi connectivity index (χ3v) is 4.08. The highest BCUT2D eigenvalue weighted by Gasteiger charge is 2.10. The Hall–Kier alpha value is -2.62. The molecule has 3 aromatic rings. The highest BCUT2D eigenvalue weighted by atomic mass is 16.1. The summed E-state index contributed by atoms with van der Waals surface area (Å²) in [6, 6.07) is 17.6. The fourth-order valence-corrected chi connectivity index (χ4v) is 2.93. The Morgan fingerprint density at radius 2 is 1.83 bits per heavy atom. The smallest absolute Gasteiger partial charge is 0.251 e. The van der Waals surface area contributed by atoms with Gasteiger partial charge in [0.2, 0.25) is 0 Å². The van der Waals surface area contributed by atoms with Crippen molar-refractivity contribution >= 4 is 16.9 Å². The maximum atomic E-state index is 12.0. The van der Waals surface area contributed by atoms with Crippen LogP contribution in [0.5, 0.6) is 0 Å². The van der Waals surface area contributed by atoms with Gasteiger partial charge in [-0.3, -0.25) is 4.79 Å². The minimum absolute atomic E-state index is 0.0161. The maximum absolute atomic E-state index is 12.0. The first-order chi connectivity index (χ1) is 11.8. The number of nitrogens with zero attached hydrogens (tertiary/aromatic N) is 2. The van der Waals surface area contributed by atoms with E-state index >= 15 is 0 Å². The van der Waals surface area contributed by atoms with Crippen LogP contribution in [0.15, 0.2) is 54.6 Å². The number of imidazole rings is 1. The highest BCUT2D eigenvalue weighted by Crippen LogP contribution is 2.17. The van der Waals surface area contributed by atoms with Gasteiger partial charge in [0.25, 0.3) is 5.91 Å². The zero-order valence-corrected chi connectivity index (χ0v) is 14.0. The summed E-state index contributed by atoms with van der Waals surface area (Å²) in [7, 11) is 0. The van der Waals surface area contributed by atoms with E-state index in [0.717, 1.165) is 37.1 Å². The van der Waals surface area contributed by atoms with Gasteiger partial charge in [0.15, 0.2) is 0 Å². The lowest BCUT2D eigenvalue weighted by atomic mass is 10.2. The summed E-state index contributed by atoms with van der Waals surface area (Å²) in [5.41, 5.74) is 2.95. The van der Waals surface area contributed by atoms with E-state index in [1.54, 1.807) is 0 Å². The zero-order valence-electron chi connectivity index (χ0n) is 14.0. The first-order valence-electron chi connectivity index (χ1n) is 8.57. The predicted molar refractivity (Wildman–Crippen MR) is 97.1 cm³/mol. The molecule has 3 rings (SSSR count). The van der Waals surface area contributed by atoms with E-state index in [4.69, 9.17) is 4.98 Å². The summed E-state index contributed by atoms with van der Waals surface area (Å²) in [6.07, 6.45) is 2.83. The number of carbonyl (C=O) groups excluding carboxylic acids is 1. The number of para-hydroxylation sites is 2. The zero-order chi connectivity index (χ0) is 16.8. The summed E-state index contributed by atoms with van der Waals surface area (Å²) in [6.45, 7) is 3.81. The Labute approximate surface area is 142 Å². The molecule has 1 N–H and O–H groups in total. The number of aromatic nitrogens is 2. The Bertz CT molecular complexity index is 808. The molecule has 1 amide bonds. The monoisotopic (exact) mass is 321 g/mol. The number of aryl methyl sites for hydroxylation is 2. The number of hydrogen-bond acceptors (Lipinski definition) is 2. The Kier molecular flexibility index (Phi) is 5.26. The molecule has 4 nitrogen and oxygen atoms in total. The van der Waals surface area contributed by atoms with Crippen molar-refractivity contribution < 1.29 is 4.79 Å². The number of hydrogen-bond donors (Lipinski definition) is 1. The molecule has 0 fully saturated rings. The van der Waals surface area contributed by atoms with Crippen molar-refractivity contribution in [1.82, 2.24) is 14.9 Å². The SMILES string of the molecule is CCCn1c(CCCNC(=O)c2ccccc2)nc2ccccc21. The van der Waals surface area contributed by atoms with Crippen LogP contribution >= 0.6 is 0 Å². The lowest BCUT2D eigenvalue weighted by Gasteiger charge is -2.08. The van der Waals surface area contributed by atoms with Gasteiger partial charge < -0.3 is 9.88 Å². The van der Waals surface area contributed by atoms with Crippen LogP contribution in [0.3, 0.4) is 0 Å². The molecule has 0 atom stereocenters. The Balaban J connectivity index is 1.59. The fraction of sp³-hybridized carbons (Fsp3) is 0.300. The van der Waals surface area contributed by atoms with Crippen LogP contribution in [0.2, 0.25) is 0 Å².